The summed E-state index contributed by atoms with van der Waals surface area (Å²) in [6.45, 7) is 9.09. The monoisotopic (exact) mass is 383 g/mol. The fourth-order valence-electron chi connectivity index (χ4n) is 3.77. The zero-order valence-corrected chi connectivity index (χ0v) is 16.8. The number of rotatable bonds is 4. The summed E-state index contributed by atoms with van der Waals surface area (Å²) in [5.41, 5.74) is 3.74. The molecule has 0 fully saturated rings. The molecular weight excluding hydrogens is 358 g/mol. The molecule has 142 valence electrons. The summed E-state index contributed by atoms with van der Waals surface area (Å²) in [6, 6.07) is 4.00. The topological polar surface area (TPSA) is 67.1 Å². The van der Waals surface area contributed by atoms with Gasteiger partial charge in [-0.1, -0.05) is 13.8 Å². The van der Waals surface area contributed by atoms with Crippen molar-refractivity contribution in [1.29, 1.82) is 0 Å². The minimum Gasteiger partial charge on any atom is -0.386 e. The van der Waals surface area contributed by atoms with Crippen molar-refractivity contribution < 1.29 is 5.11 Å². The third-order valence-electron chi connectivity index (χ3n) is 4.86. The van der Waals surface area contributed by atoms with Gasteiger partial charge in [0.05, 0.1) is 11.9 Å². The van der Waals surface area contributed by atoms with E-state index in [4.69, 9.17) is 0 Å². The van der Waals surface area contributed by atoms with Crippen molar-refractivity contribution >= 4 is 11.3 Å². The molecule has 0 amide bonds. The second kappa shape index (κ2) is 7.14. The number of thiazole rings is 1. The number of hydrogen-bond donors (Lipinski definition) is 1. The lowest BCUT2D eigenvalue weighted by atomic mass is 9.87. The Hall–Kier alpha value is -2.09. The van der Waals surface area contributed by atoms with Crippen LogP contribution in [0.4, 0.5) is 0 Å². The summed E-state index contributed by atoms with van der Waals surface area (Å²) in [7, 11) is 0. The summed E-state index contributed by atoms with van der Waals surface area (Å²) in [5, 5.41) is 15.2. The Kier molecular flexibility index (Phi) is 4.84. The maximum absolute atomic E-state index is 9.73. The minimum atomic E-state index is -0.505. The predicted molar refractivity (Wildman–Crippen MR) is 106 cm³/mol. The van der Waals surface area contributed by atoms with Crippen molar-refractivity contribution in [3.8, 4) is 5.69 Å². The van der Waals surface area contributed by atoms with Crippen LogP contribution in [-0.2, 0) is 19.5 Å². The molecule has 1 atom stereocenters. The van der Waals surface area contributed by atoms with Crippen LogP contribution < -0.4 is 0 Å². The van der Waals surface area contributed by atoms with Gasteiger partial charge < -0.3 is 5.11 Å². The van der Waals surface area contributed by atoms with Gasteiger partial charge in [0.2, 0.25) is 0 Å². The lowest BCUT2D eigenvalue weighted by Crippen LogP contribution is -2.32. The Labute approximate surface area is 163 Å². The van der Waals surface area contributed by atoms with Gasteiger partial charge in [0.15, 0.2) is 0 Å². The van der Waals surface area contributed by atoms with Crippen molar-refractivity contribution in [2.45, 2.75) is 46.4 Å². The summed E-state index contributed by atoms with van der Waals surface area (Å²) < 4.78 is 2.06. The number of fused-ring (bicyclic) bond motifs is 1. The highest BCUT2D eigenvalue weighted by Gasteiger charge is 2.31. The molecule has 0 saturated heterocycles. The van der Waals surface area contributed by atoms with Crippen molar-refractivity contribution in [3.63, 3.8) is 0 Å². The van der Waals surface area contributed by atoms with Gasteiger partial charge in [-0.25, -0.2) is 9.67 Å². The standard InChI is InChI=1S/C20H25N5OS/c1-14(26)19-22-10-17(27-19)12-24-11-15-9-23-25(16-4-6-21-7-5-16)18(15)8-20(2,3)13-24/h4-7,9-10,14,26H,8,11-13H2,1-3H3. The first-order chi connectivity index (χ1) is 12.9. The Morgan fingerprint density at radius 2 is 2.04 bits per heavy atom. The third kappa shape index (κ3) is 3.95. The zero-order valence-electron chi connectivity index (χ0n) is 16.0. The molecule has 3 aromatic heterocycles. The number of nitrogens with zero attached hydrogens (tertiary/aromatic N) is 5. The Bertz CT molecular complexity index is 916. The molecule has 0 radical (unpaired) electrons. The van der Waals surface area contributed by atoms with E-state index in [1.807, 2.05) is 24.5 Å². The van der Waals surface area contributed by atoms with Gasteiger partial charge in [0, 0.05) is 54.4 Å². The second-order valence-electron chi connectivity index (χ2n) is 8.06. The van der Waals surface area contributed by atoms with Gasteiger partial charge >= 0.3 is 0 Å². The predicted octanol–water partition coefficient (Wildman–Crippen LogP) is 3.36. The molecule has 0 saturated carbocycles. The van der Waals surface area contributed by atoms with Gasteiger partial charge in [0.25, 0.3) is 0 Å². The van der Waals surface area contributed by atoms with E-state index in [-0.39, 0.29) is 5.41 Å². The number of hydrogen-bond acceptors (Lipinski definition) is 6. The Morgan fingerprint density at radius 1 is 1.26 bits per heavy atom. The fourth-order valence-corrected chi connectivity index (χ4v) is 4.67. The van der Waals surface area contributed by atoms with E-state index in [0.29, 0.717) is 0 Å². The van der Waals surface area contributed by atoms with E-state index < -0.39 is 6.10 Å². The van der Waals surface area contributed by atoms with Gasteiger partial charge in [-0.3, -0.25) is 9.88 Å². The van der Waals surface area contributed by atoms with Crippen LogP contribution in [0.1, 0.15) is 48.0 Å². The van der Waals surface area contributed by atoms with Crippen LogP contribution in [0.3, 0.4) is 0 Å². The van der Waals surface area contributed by atoms with Crippen LogP contribution in [0.15, 0.2) is 36.9 Å². The summed E-state index contributed by atoms with van der Waals surface area (Å²) in [5.74, 6) is 0. The van der Waals surface area contributed by atoms with E-state index in [0.717, 1.165) is 36.8 Å². The molecule has 7 heteroatoms. The molecule has 4 heterocycles. The zero-order chi connectivity index (χ0) is 19.0. The molecule has 4 rings (SSSR count). The maximum Gasteiger partial charge on any atom is 0.121 e. The first kappa shape index (κ1) is 18.3. The SMILES string of the molecule is CC(O)c1ncc(CN2Cc3cnn(-c4ccncc4)c3CC(C)(C)C2)s1. The van der Waals surface area contributed by atoms with Gasteiger partial charge in [0.1, 0.15) is 11.1 Å². The average Bonchev–Trinajstić information content (AvgIpc) is 3.20. The van der Waals surface area contributed by atoms with E-state index in [2.05, 4.69) is 38.5 Å². The number of pyridine rings is 1. The molecule has 1 unspecified atom stereocenters. The molecule has 0 spiro atoms. The number of aromatic nitrogens is 4. The van der Waals surface area contributed by atoms with Crippen LogP contribution in [-0.4, -0.2) is 36.3 Å². The van der Waals surface area contributed by atoms with Crippen LogP contribution in [0.5, 0.6) is 0 Å². The number of aliphatic hydroxyl groups is 1. The van der Waals surface area contributed by atoms with E-state index >= 15 is 0 Å². The van der Waals surface area contributed by atoms with Crippen LogP contribution >= 0.6 is 11.3 Å². The smallest absolute Gasteiger partial charge is 0.121 e. The van der Waals surface area contributed by atoms with Gasteiger partial charge in [-0.15, -0.1) is 11.3 Å². The molecule has 0 bridgehead atoms. The summed E-state index contributed by atoms with van der Waals surface area (Å²) in [4.78, 5) is 12.1. The lowest BCUT2D eigenvalue weighted by molar-refractivity contribution is 0.174. The molecule has 1 N–H and O–H groups in total. The number of aliphatic hydroxyl groups excluding tert-OH is 1. The fraction of sp³-hybridized carbons (Fsp3) is 0.450. The molecule has 27 heavy (non-hydrogen) atoms. The van der Waals surface area contributed by atoms with Crippen molar-refractivity contribution in [2.24, 2.45) is 5.41 Å². The quantitative estimate of drug-likeness (QED) is 0.748. The van der Waals surface area contributed by atoms with Crippen LogP contribution in [0.2, 0.25) is 0 Å². The average molecular weight is 384 g/mol. The summed E-state index contributed by atoms with van der Waals surface area (Å²) in [6.07, 6.45) is 7.98. The highest BCUT2D eigenvalue weighted by molar-refractivity contribution is 7.11. The third-order valence-corrected chi connectivity index (χ3v) is 6.01. The Morgan fingerprint density at radius 3 is 2.74 bits per heavy atom. The summed E-state index contributed by atoms with van der Waals surface area (Å²) >= 11 is 1.59. The lowest BCUT2D eigenvalue weighted by Gasteiger charge is -2.29. The largest absolute Gasteiger partial charge is 0.386 e. The molecule has 0 aliphatic carbocycles. The molecule has 3 aromatic rings. The molecular formula is C20H25N5OS. The van der Waals surface area contributed by atoms with Crippen LogP contribution in [0.25, 0.3) is 5.69 Å². The molecule has 0 aromatic carbocycles. The molecule has 1 aliphatic rings. The minimum absolute atomic E-state index is 0.133. The first-order valence-corrected chi connectivity index (χ1v) is 10.0. The first-order valence-electron chi connectivity index (χ1n) is 9.22. The van der Waals surface area contributed by atoms with Gasteiger partial charge in [-0.2, -0.15) is 5.10 Å². The highest BCUT2D eigenvalue weighted by Crippen LogP contribution is 2.32. The van der Waals surface area contributed by atoms with Gasteiger partial charge in [-0.05, 0) is 30.9 Å². The van der Waals surface area contributed by atoms with E-state index in [1.165, 1.54) is 16.1 Å². The molecule has 6 nitrogen and oxygen atoms in total. The second-order valence-corrected chi connectivity index (χ2v) is 9.21. The van der Waals surface area contributed by atoms with Crippen molar-refractivity contribution in [3.05, 3.63) is 58.1 Å². The maximum atomic E-state index is 9.73. The van der Waals surface area contributed by atoms with E-state index in [1.54, 1.807) is 30.7 Å². The van der Waals surface area contributed by atoms with E-state index in [9.17, 15) is 5.11 Å². The highest BCUT2D eigenvalue weighted by atomic mass is 32.1. The van der Waals surface area contributed by atoms with Crippen molar-refractivity contribution in [2.75, 3.05) is 6.54 Å². The Balaban J connectivity index is 1.62. The normalized spacial score (nSPS) is 18.1. The molecule has 1 aliphatic heterocycles. The van der Waals surface area contributed by atoms with Crippen LogP contribution in [0, 0.1) is 5.41 Å². The van der Waals surface area contributed by atoms with Crippen molar-refractivity contribution in [1.82, 2.24) is 24.6 Å².